The maximum atomic E-state index is 12.4. The average molecular weight is 298 g/mol. The molecule has 1 unspecified atom stereocenters. The van der Waals surface area contributed by atoms with E-state index in [0.29, 0.717) is 12.8 Å². The lowest BCUT2D eigenvalue weighted by Gasteiger charge is -2.23. The number of hydrogen-bond acceptors (Lipinski definition) is 5. The Kier molecular flexibility index (Phi) is 4.11. The molecule has 118 valence electrons. The molecular formula is C14H22N2O5. The topological polar surface area (TPSA) is 84.9 Å². The van der Waals surface area contributed by atoms with Gasteiger partial charge in [0.1, 0.15) is 17.7 Å². The quantitative estimate of drug-likeness (QED) is 0.763. The first-order valence-electron chi connectivity index (χ1n) is 7.12. The molecule has 2 aliphatic heterocycles. The van der Waals surface area contributed by atoms with Crippen molar-refractivity contribution in [3.63, 3.8) is 0 Å². The standard InChI is InChI=1S/C14H22N2O5/c1-14(2,3)21-13(19)15-9-7-8-5-6-10(12(18)20-4)16(8)11(9)17/h8-10H,5-7H2,1-4H3,(H,15,19)/t8-,9?,10-/m0/s1. The summed E-state index contributed by atoms with van der Waals surface area (Å²) in [6.07, 6.45) is 1.25. The molecule has 0 aliphatic carbocycles. The maximum Gasteiger partial charge on any atom is 0.408 e. The molecule has 0 aromatic heterocycles. The summed E-state index contributed by atoms with van der Waals surface area (Å²) in [6.45, 7) is 5.28. The van der Waals surface area contributed by atoms with Crippen LogP contribution in [0.2, 0.25) is 0 Å². The van der Waals surface area contributed by atoms with Crippen LogP contribution in [0.4, 0.5) is 4.79 Å². The van der Waals surface area contributed by atoms with Gasteiger partial charge < -0.3 is 19.7 Å². The molecule has 0 spiro atoms. The van der Waals surface area contributed by atoms with Gasteiger partial charge in [-0.05, 0) is 40.0 Å². The SMILES string of the molecule is COC(=O)[C@@H]1CC[C@H]2CC(NC(=O)OC(C)(C)C)C(=O)N21. The van der Waals surface area contributed by atoms with Gasteiger partial charge in [0.25, 0.3) is 0 Å². The third-order valence-electron chi connectivity index (χ3n) is 3.73. The van der Waals surface area contributed by atoms with Crippen molar-refractivity contribution in [1.29, 1.82) is 0 Å². The predicted molar refractivity (Wildman–Crippen MR) is 73.4 cm³/mol. The van der Waals surface area contributed by atoms with Gasteiger partial charge in [-0.25, -0.2) is 9.59 Å². The minimum Gasteiger partial charge on any atom is -0.467 e. The number of fused-ring (bicyclic) bond motifs is 1. The molecule has 0 saturated carbocycles. The third kappa shape index (κ3) is 3.28. The van der Waals surface area contributed by atoms with Gasteiger partial charge in [-0.3, -0.25) is 4.79 Å². The van der Waals surface area contributed by atoms with E-state index in [-0.39, 0.29) is 11.9 Å². The monoisotopic (exact) mass is 298 g/mol. The largest absolute Gasteiger partial charge is 0.467 e. The fourth-order valence-corrected chi connectivity index (χ4v) is 2.94. The smallest absolute Gasteiger partial charge is 0.408 e. The van der Waals surface area contributed by atoms with E-state index in [1.54, 1.807) is 25.7 Å². The molecule has 21 heavy (non-hydrogen) atoms. The van der Waals surface area contributed by atoms with Crippen molar-refractivity contribution in [3.8, 4) is 0 Å². The highest BCUT2D eigenvalue weighted by Gasteiger charge is 2.50. The number of alkyl carbamates (subject to hydrolysis) is 1. The van der Waals surface area contributed by atoms with E-state index < -0.39 is 29.7 Å². The number of nitrogens with zero attached hydrogens (tertiary/aromatic N) is 1. The molecule has 0 radical (unpaired) electrons. The van der Waals surface area contributed by atoms with Crippen LogP contribution in [0.15, 0.2) is 0 Å². The van der Waals surface area contributed by atoms with Gasteiger partial charge in [0.15, 0.2) is 0 Å². The van der Waals surface area contributed by atoms with Crippen LogP contribution in [-0.4, -0.2) is 53.7 Å². The minimum absolute atomic E-state index is 0.0125. The van der Waals surface area contributed by atoms with Crippen molar-refractivity contribution in [2.75, 3.05) is 7.11 Å². The van der Waals surface area contributed by atoms with Crippen LogP contribution in [0.25, 0.3) is 0 Å². The van der Waals surface area contributed by atoms with Gasteiger partial charge in [0.2, 0.25) is 5.91 Å². The summed E-state index contributed by atoms with van der Waals surface area (Å²) >= 11 is 0. The van der Waals surface area contributed by atoms with Gasteiger partial charge in [-0.15, -0.1) is 0 Å². The van der Waals surface area contributed by atoms with Gasteiger partial charge in [-0.1, -0.05) is 0 Å². The highest BCUT2D eigenvalue weighted by atomic mass is 16.6. The van der Waals surface area contributed by atoms with Crippen LogP contribution in [0, 0.1) is 0 Å². The van der Waals surface area contributed by atoms with Crippen LogP contribution < -0.4 is 5.32 Å². The molecule has 2 saturated heterocycles. The fourth-order valence-electron chi connectivity index (χ4n) is 2.94. The van der Waals surface area contributed by atoms with Crippen LogP contribution in [0.3, 0.4) is 0 Å². The number of rotatable bonds is 2. The lowest BCUT2D eigenvalue weighted by atomic mass is 10.1. The summed E-state index contributed by atoms with van der Waals surface area (Å²) in [5.41, 5.74) is -0.615. The lowest BCUT2D eigenvalue weighted by molar-refractivity contribution is -0.150. The number of amides is 2. The van der Waals surface area contributed by atoms with Crippen LogP contribution in [0.1, 0.15) is 40.0 Å². The zero-order chi connectivity index (χ0) is 15.8. The Bertz CT molecular complexity index is 457. The Morgan fingerprint density at radius 2 is 1.95 bits per heavy atom. The number of ether oxygens (including phenoxy) is 2. The molecule has 3 atom stereocenters. The lowest BCUT2D eigenvalue weighted by Crippen LogP contribution is -2.47. The molecule has 0 bridgehead atoms. The van der Waals surface area contributed by atoms with E-state index in [1.807, 2.05) is 0 Å². The summed E-state index contributed by atoms with van der Waals surface area (Å²) in [4.78, 5) is 37.4. The van der Waals surface area contributed by atoms with Crippen molar-refractivity contribution in [2.45, 2.75) is 63.8 Å². The molecule has 2 amide bonds. The molecule has 2 heterocycles. The van der Waals surface area contributed by atoms with Crippen molar-refractivity contribution in [1.82, 2.24) is 10.2 Å². The zero-order valence-electron chi connectivity index (χ0n) is 12.8. The normalized spacial score (nSPS) is 28.3. The fraction of sp³-hybridized carbons (Fsp3) is 0.786. The second-order valence-corrected chi connectivity index (χ2v) is 6.45. The molecule has 2 rings (SSSR count). The van der Waals surface area contributed by atoms with Gasteiger partial charge in [0.05, 0.1) is 7.11 Å². The van der Waals surface area contributed by atoms with Gasteiger partial charge in [-0.2, -0.15) is 0 Å². The maximum absolute atomic E-state index is 12.4. The van der Waals surface area contributed by atoms with E-state index in [4.69, 9.17) is 9.47 Å². The van der Waals surface area contributed by atoms with Gasteiger partial charge >= 0.3 is 12.1 Å². The van der Waals surface area contributed by atoms with Crippen molar-refractivity contribution in [2.24, 2.45) is 0 Å². The molecule has 2 fully saturated rings. The van der Waals surface area contributed by atoms with E-state index in [2.05, 4.69) is 5.32 Å². The second kappa shape index (κ2) is 5.54. The summed E-state index contributed by atoms with van der Waals surface area (Å²) in [6, 6.07) is -1.17. The summed E-state index contributed by atoms with van der Waals surface area (Å²) < 4.78 is 9.88. The molecule has 7 heteroatoms. The predicted octanol–water partition coefficient (Wildman–Crippen LogP) is 0.816. The van der Waals surface area contributed by atoms with E-state index in [0.717, 1.165) is 6.42 Å². The Labute approximate surface area is 123 Å². The van der Waals surface area contributed by atoms with Crippen LogP contribution >= 0.6 is 0 Å². The number of methoxy groups -OCH3 is 1. The first-order chi connectivity index (χ1) is 9.73. The highest BCUT2D eigenvalue weighted by Crippen LogP contribution is 2.34. The highest BCUT2D eigenvalue weighted by molar-refractivity contribution is 5.92. The molecule has 0 aromatic carbocycles. The van der Waals surface area contributed by atoms with E-state index in [1.165, 1.54) is 7.11 Å². The Hall–Kier alpha value is -1.79. The Morgan fingerprint density at radius 3 is 2.52 bits per heavy atom. The zero-order valence-corrected chi connectivity index (χ0v) is 12.8. The average Bonchev–Trinajstić information content (AvgIpc) is 2.88. The molecular weight excluding hydrogens is 276 g/mol. The summed E-state index contributed by atoms with van der Waals surface area (Å²) in [5, 5.41) is 2.59. The third-order valence-corrected chi connectivity index (χ3v) is 3.73. The molecule has 2 aliphatic rings. The number of carbonyl (C=O) groups excluding carboxylic acids is 3. The van der Waals surface area contributed by atoms with E-state index >= 15 is 0 Å². The first kappa shape index (κ1) is 15.6. The first-order valence-corrected chi connectivity index (χ1v) is 7.12. The number of hydrogen-bond donors (Lipinski definition) is 1. The number of nitrogens with one attached hydrogen (secondary N) is 1. The van der Waals surface area contributed by atoms with Crippen molar-refractivity contribution < 1.29 is 23.9 Å². The Morgan fingerprint density at radius 1 is 1.29 bits per heavy atom. The van der Waals surface area contributed by atoms with Crippen LogP contribution in [0.5, 0.6) is 0 Å². The van der Waals surface area contributed by atoms with Crippen LogP contribution in [-0.2, 0) is 19.1 Å². The molecule has 0 aromatic rings. The van der Waals surface area contributed by atoms with Gasteiger partial charge in [0, 0.05) is 6.04 Å². The minimum atomic E-state index is -0.627. The molecule has 1 N–H and O–H groups in total. The van der Waals surface area contributed by atoms with Crippen molar-refractivity contribution in [3.05, 3.63) is 0 Å². The van der Waals surface area contributed by atoms with Crippen molar-refractivity contribution >= 4 is 18.0 Å². The molecule has 7 nitrogen and oxygen atoms in total. The van der Waals surface area contributed by atoms with E-state index in [9.17, 15) is 14.4 Å². The second-order valence-electron chi connectivity index (χ2n) is 6.45. The number of carbonyl (C=O) groups is 3. The number of esters is 1. The summed E-state index contributed by atoms with van der Waals surface area (Å²) in [5.74, 6) is -0.637. The summed E-state index contributed by atoms with van der Waals surface area (Å²) in [7, 11) is 1.31. The Balaban J connectivity index is 1.99.